The largest absolute Gasteiger partial charge is 0.354 e. The molecule has 7 nitrogen and oxygen atoms in total. The number of halogens is 2. The molecule has 0 saturated heterocycles. The molecule has 0 saturated carbocycles. The first kappa shape index (κ1) is 30.5. The van der Waals surface area contributed by atoms with E-state index in [1.54, 1.807) is 43.3 Å². The van der Waals surface area contributed by atoms with Crippen molar-refractivity contribution in [3.63, 3.8) is 0 Å². The molecule has 0 radical (unpaired) electrons. The Morgan fingerprint density at radius 2 is 1.56 bits per heavy atom. The average molecular weight is 591 g/mol. The molecule has 10 heteroatoms. The van der Waals surface area contributed by atoms with Crippen LogP contribution >= 0.6 is 23.2 Å². The lowest BCUT2D eigenvalue weighted by Crippen LogP contribution is -2.53. The predicted octanol–water partition coefficient (Wildman–Crippen LogP) is 5.23. The average Bonchev–Trinajstić information content (AvgIpc) is 2.90. The normalized spacial score (nSPS) is 12.0. The Morgan fingerprint density at radius 3 is 2.18 bits per heavy atom. The molecule has 3 aromatic rings. The van der Waals surface area contributed by atoms with Gasteiger partial charge in [0.05, 0.1) is 11.9 Å². The molecule has 0 aliphatic carbocycles. The highest BCUT2D eigenvalue weighted by Gasteiger charge is 2.33. The zero-order chi connectivity index (χ0) is 28.6. The molecule has 0 fully saturated rings. The van der Waals surface area contributed by atoms with E-state index in [0.29, 0.717) is 27.8 Å². The Kier molecular flexibility index (Phi) is 10.8. The summed E-state index contributed by atoms with van der Waals surface area (Å²) < 4.78 is 26.8. The lowest BCUT2D eigenvalue weighted by molar-refractivity contribution is -0.140. The Bertz CT molecular complexity index is 1380. The second-order valence-corrected chi connectivity index (χ2v) is 12.1. The molecule has 0 aliphatic heterocycles. The van der Waals surface area contributed by atoms with Gasteiger partial charge in [-0.05, 0) is 54.3 Å². The molecule has 3 aromatic carbocycles. The van der Waals surface area contributed by atoms with E-state index in [1.165, 1.54) is 11.0 Å². The standard InChI is InChI=1S/C29H33Cl2N3O4S/c1-4-16-32-29(36)27(17-22-8-6-5-7-9-22)33(19-23-11-14-24(30)15-12-23)28(35)20-34(39(3,37)38)26-18-25(31)13-10-21(26)2/h5-15,18,27H,4,16-17,19-20H2,1-3H3,(H,32,36). The second kappa shape index (κ2) is 13.8. The summed E-state index contributed by atoms with van der Waals surface area (Å²) in [6.07, 6.45) is 2.02. The van der Waals surface area contributed by atoms with Gasteiger partial charge in [0.2, 0.25) is 21.8 Å². The summed E-state index contributed by atoms with van der Waals surface area (Å²) in [5, 5.41) is 3.79. The van der Waals surface area contributed by atoms with E-state index in [0.717, 1.165) is 28.1 Å². The number of nitrogens with zero attached hydrogens (tertiary/aromatic N) is 2. The number of amides is 2. The van der Waals surface area contributed by atoms with Crippen LogP contribution in [-0.2, 0) is 32.6 Å². The lowest BCUT2D eigenvalue weighted by atomic mass is 10.0. The number of hydrogen-bond acceptors (Lipinski definition) is 4. The Hall–Kier alpha value is -3.07. The number of anilines is 1. The Labute approximate surface area is 240 Å². The van der Waals surface area contributed by atoms with Crippen LogP contribution in [0.25, 0.3) is 0 Å². The topological polar surface area (TPSA) is 86.8 Å². The minimum atomic E-state index is -3.87. The summed E-state index contributed by atoms with van der Waals surface area (Å²) in [5.74, 6) is -0.838. The number of carbonyl (C=O) groups is 2. The third kappa shape index (κ3) is 8.71. The number of sulfonamides is 1. The number of aryl methyl sites for hydroxylation is 1. The molecule has 1 unspecified atom stereocenters. The summed E-state index contributed by atoms with van der Waals surface area (Å²) in [4.78, 5) is 28.9. The molecule has 3 rings (SSSR count). The fourth-order valence-electron chi connectivity index (χ4n) is 4.15. The Morgan fingerprint density at radius 1 is 0.923 bits per heavy atom. The van der Waals surface area contributed by atoms with Crippen molar-refractivity contribution in [3.8, 4) is 0 Å². The van der Waals surface area contributed by atoms with Gasteiger partial charge in [0.25, 0.3) is 0 Å². The SMILES string of the molecule is CCCNC(=O)C(Cc1ccccc1)N(Cc1ccc(Cl)cc1)C(=O)CN(c1cc(Cl)ccc1C)S(C)(=O)=O. The quantitative estimate of drug-likeness (QED) is 0.313. The van der Waals surface area contributed by atoms with Crippen LogP contribution in [0.4, 0.5) is 5.69 Å². The van der Waals surface area contributed by atoms with Crippen molar-refractivity contribution in [2.24, 2.45) is 0 Å². The van der Waals surface area contributed by atoms with Crippen LogP contribution < -0.4 is 9.62 Å². The molecule has 208 valence electrons. The summed E-state index contributed by atoms with van der Waals surface area (Å²) in [7, 11) is -3.87. The van der Waals surface area contributed by atoms with Gasteiger partial charge in [0, 0.05) is 29.6 Å². The van der Waals surface area contributed by atoms with Crippen LogP contribution in [0.1, 0.15) is 30.0 Å². The highest BCUT2D eigenvalue weighted by molar-refractivity contribution is 7.92. The first-order chi connectivity index (χ1) is 18.5. The molecule has 1 atom stereocenters. The third-order valence-electron chi connectivity index (χ3n) is 6.21. The fraction of sp³-hybridized carbons (Fsp3) is 0.310. The number of benzene rings is 3. The van der Waals surface area contributed by atoms with Crippen molar-refractivity contribution >= 4 is 50.7 Å². The van der Waals surface area contributed by atoms with Crippen LogP contribution in [0.3, 0.4) is 0 Å². The van der Waals surface area contributed by atoms with Crippen molar-refractivity contribution in [2.45, 2.75) is 39.3 Å². The molecule has 0 aliphatic rings. The van der Waals surface area contributed by atoms with Gasteiger partial charge in [0.15, 0.2) is 0 Å². The van der Waals surface area contributed by atoms with Gasteiger partial charge in [-0.25, -0.2) is 8.42 Å². The second-order valence-electron chi connectivity index (χ2n) is 9.35. The minimum Gasteiger partial charge on any atom is -0.354 e. The van der Waals surface area contributed by atoms with Crippen LogP contribution in [0.5, 0.6) is 0 Å². The van der Waals surface area contributed by atoms with E-state index >= 15 is 0 Å². The van der Waals surface area contributed by atoms with E-state index in [-0.39, 0.29) is 18.9 Å². The maximum Gasteiger partial charge on any atom is 0.244 e. The molecular formula is C29H33Cl2N3O4S. The molecule has 2 amide bonds. The molecule has 1 N–H and O–H groups in total. The number of carbonyl (C=O) groups excluding carboxylic acids is 2. The minimum absolute atomic E-state index is 0.0825. The van der Waals surface area contributed by atoms with Crippen molar-refractivity contribution in [1.29, 1.82) is 0 Å². The Balaban J connectivity index is 2.06. The first-order valence-electron chi connectivity index (χ1n) is 12.6. The van der Waals surface area contributed by atoms with Gasteiger partial charge in [-0.3, -0.25) is 13.9 Å². The van der Waals surface area contributed by atoms with E-state index in [2.05, 4.69) is 5.32 Å². The summed E-state index contributed by atoms with van der Waals surface area (Å²) in [6.45, 7) is 3.72. The lowest BCUT2D eigenvalue weighted by Gasteiger charge is -2.33. The van der Waals surface area contributed by atoms with Crippen LogP contribution in [0.15, 0.2) is 72.8 Å². The van der Waals surface area contributed by atoms with Crippen molar-refractivity contribution in [2.75, 3.05) is 23.7 Å². The number of nitrogens with one attached hydrogen (secondary N) is 1. The van der Waals surface area contributed by atoms with E-state index in [1.807, 2.05) is 37.3 Å². The number of rotatable bonds is 12. The zero-order valence-electron chi connectivity index (χ0n) is 22.2. The van der Waals surface area contributed by atoms with Crippen molar-refractivity contribution in [1.82, 2.24) is 10.2 Å². The molecule has 0 bridgehead atoms. The number of hydrogen-bond donors (Lipinski definition) is 1. The molecular weight excluding hydrogens is 557 g/mol. The summed E-state index contributed by atoms with van der Waals surface area (Å²) in [6, 6.07) is 20.4. The maximum atomic E-state index is 14.0. The summed E-state index contributed by atoms with van der Waals surface area (Å²) >= 11 is 12.3. The van der Waals surface area contributed by atoms with Crippen LogP contribution in [0, 0.1) is 6.92 Å². The third-order valence-corrected chi connectivity index (χ3v) is 7.82. The van der Waals surface area contributed by atoms with Gasteiger partial charge >= 0.3 is 0 Å². The van der Waals surface area contributed by atoms with Crippen molar-refractivity contribution in [3.05, 3.63) is 99.5 Å². The first-order valence-corrected chi connectivity index (χ1v) is 15.2. The molecule has 39 heavy (non-hydrogen) atoms. The van der Waals surface area contributed by atoms with Gasteiger partial charge in [-0.2, -0.15) is 0 Å². The smallest absolute Gasteiger partial charge is 0.244 e. The van der Waals surface area contributed by atoms with E-state index in [9.17, 15) is 18.0 Å². The maximum absolute atomic E-state index is 14.0. The van der Waals surface area contributed by atoms with Crippen LogP contribution in [-0.4, -0.2) is 50.5 Å². The van der Waals surface area contributed by atoms with Gasteiger partial charge in [0.1, 0.15) is 12.6 Å². The summed E-state index contributed by atoms with van der Waals surface area (Å²) in [5.41, 5.74) is 2.57. The van der Waals surface area contributed by atoms with Gasteiger partial charge < -0.3 is 10.2 Å². The van der Waals surface area contributed by atoms with Crippen molar-refractivity contribution < 1.29 is 18.0 Å². The van der Waals surface area contributed by atoms with Gasteiger partial charge in [-0.1, -0.05) is 78.7 Å². The highest BCUT2D eigenvalue weighted by atomic mass is 35.5. The van der Waals surface area contributed by atoms with Crippen LogP contribution in [0.2, 0.25) is 10.0 Å². The monoisotopic (exact) mass is 589 g/mol. The molecule has 0 aromatic heterocycles. The predicted molar refractivity (Wildman–Crippen MR) is 158 cm³/mol. The molecule has 0 heterocycles. The highest BCUT2D eigenvalue weighted by Crippen LogP contribution is 2.27. The zero-order valence-corrected chi connectivity index (χ0v) is 24.6. The molecule has 0 spiro atoms. The fourth-order valence-corrected chi connectivity index (χ4v) is 5.34. The van der Waals surface area contributed by atoms with E-state index < -0.39 is 28.5 Å². The van der Waals surface area contributed by atoms with Gasteiger partial charge in [-0.15, -0.1) is 0 Å². The van der Waals surface area contributed by atoms with E-state index in [4.69, 9.17) is 23.2 Å².